The fraction of sp³-hybridized carbons (Fsp3) is 0.125. The molecule has 1 N–H and O–H groups in total. The van der Waals surface area contributed by atoms with Crippen LogP contribution >= 0.6 is 23.2 Å². The molecule has 0 spiro atoms. The van der Waals surface area contributed by atoms with Crippen molar-refractivity contribution in [3.05, 3.63) is 58.1 Å². The number of hydrogen-bond acceptors (Lipinski definition) is 5. The smallest absolute Gasteiger partial charge is 0.412 e. The van der Waals surface area contributed by atoms with Crippen LogP contribution < -0.4 is 5.32 Å². The van der Waals surface area contributed by atoms with Gasteiger partial charge in [0.05, 0.1) is 14.9 Å². The Kier molecular flexibility index (Phi) is 6.05. The zero-order chi connectivity index (χ0) is 18.6. The van der Waals surface area contributed by atoms with Gasteiger partial charge in [-0.3, -0.25) is 10.1 Å². The van der Waals surface area contributed by atoms with Gasteiger partial charge in [-0.05, 0) is 42.5 Å². The van der Waals surface area contributed by atoms with E-state index in [1.54, 1.807) is 0 Å². The van der Waals surface area contributed by atoms with Crippen molar-refractivity contribution in [2.24, 2.45) is 0 Å². The zero-order valence-corrected chi connectivity index (χ0v) is 15.3. The normalized spacial score (nSPS) is 11.0. The van der Waals surface area contributed by atoms with Gasteiger partial charge in [0.15, 0.2) is 22.2 Å². The molecule has 25 heavy (non-hydrogen) atoms. The van der Waals surface area contributed by atoms with Gasteiger partial charge in [0.1, 0.15) is 0 Å². The van der Waals surface area contributed by atoms with Gasteiger partial charge in [0, 0.05) is 17.5 Å². The molecule has 2 rings (SSSR count). The Bertz CT molecular complexity index is 911. The first-order valence-electron chi connectivity index (χ1n) is 6.89. The van der Waals surface area contributed by atoms with Crippen LogP contribution in [0.25, 0.3) is 0 Å². The summed E-state index contributed by atoms with van der Waals surface area (Å²) in [6.45, 7) is -0.495. The molecule has 2 aromatic rings. The van der Waals surface area contributed by atoms with Crippen molar-refractivity contribution in [2.45, 2.75) is 4.90 Å². The van der Waals surface area contributed by atoms with E-state index >= 15 is 0 Å². The van der Waals surface area contributed by atoms with E-state index in [1.807, 2.05) is 0 Å². The van der Waals surface area contributed by atoms with E-state index in [0.29, 0.717) is 10.7 Å². The van der Waals surface area contributed by atoms with Gasteiger partial charge < -0.3 is 4.74 Å². The lowest BCUT2D eigenvalue weighted by Gasteiger charge is -2.07. The lowest BCUT2D eigenvalue weighted by atomic mass is 10.1. The second-order valence-electron chi connectivity index (χ2n) is 5.05. The summed E-state index contributed by atoms with van der Waals surface area (Å²) < 4.78 is 27.6. The summed E-state index contributed by atoms with van der Waals surface area (Å²) in [6.07, 6.45) is 0.236. The predicted octanol–water partition coefficient (Wildman–Crippen LogP) is 3.83. The highest BCUT2D eigenvalue weighted by molar-refractivity contribution is 7.90. The first-order chi connectivity index (χ1) is 11.7. The van der Waals surface area contributed by atoms with E-state index in [0.717, 1.165) is 6.26 Å². The fourth-order valence-electron chi connectivity index (χ4n) is 1.83. The minimum Gasteiger partial charge on any atom is -0.441 e. The topological polar surface area (TPSA) is 89.5 Å². The second-order valence-corrected chi connectivity index (χ2v) is 7.88. The van der Waals surface area contributed by atoms with E-state index in [1.165, 1.54) is 42.5 Å². The molecule has 2 aromatic carbocycles. The quantitative estimate of drug-likeness (QED) is 0.768. The highest BCUT2D eigenvalue weighted by Gasteiger charge is 2.12. The van der Waals surface area contributed by atoms with Crippen molar-refractivity contribution in [2.75, 3.05) is 18.2 Å². The largest absolute Gasteiger partial charge is 0.441 e. The molecule has 0 unspecified atom stereocenters. The summed E-state index contributed by atoms with van der Waals surface area (Å²) in [5.74, 6) is -0.468. The molecule has 9 heteroatoms. The minimum atomic E-state index is -3.34. The lowest BCUT2D eigenvalue weighted by Crippen LogP contribution is -2.19. The Morgan fingerprint density at radius 3 is 2.24 bits per heavy atom. The van der Waals surface area contributed by atoms with Crippen LogP contribution in [-0.2, 0) is 14.6 Å². The first kappa shape index (κ1) is 19.2. The number of halogens is 2. The van der Waals surface area contributed by atoms with Crippen molar-refractivity contribution in [1.29, 1.82) is 0 Å². The van der Waals surface area contributed by atoms with E-state index in [4.69, 9.17) is 27.9 Å². The van der Waals surface area contributed by atoms with E-state index in [-0.39, 0.29) is 15.5 Å². The van der Waals surface area contributed by atoms with Gasteiger partial charge in [0.25, 0.3) is 0 Å². The minimum absolute atomic E-state index is 0.0994. The fourth-order valence-corrected chi connectivity index (χ4v) is 2.76. The van der Waals surface area contributed by atoms with Gasteiger partial charge in [0.2, 0.25) is 0 Å². The number of hydrogen-bond donors (Lipinski definition) is 1. The average Bonchev–Trinajstić information content (AvgIpc) is 2.55. The average molecular weight is 402 g/mol. The molecule has 0 aliphatic heterocycles. The number of Topliss-reactive ketones (excluding diaryl/α,β-unsaturated/α-hetero) is 1. The van der Waals surface area contributed by atoms with E-state index in [9.17, 15) is 18.0 Å². The molecule has 0 saturated heterocycles. The molecule has 0 radical (unpaired) electrons. The van der Waals surface area contributed by atoms with E-state index < -0.39 is 28.3 Å². The molecule has 0 atom stereocenters. The summed E-state index contributed by atoms with van der Waals surface area (Å²) in [6, 6.07) is 9.83. The van der Waals surface area contributed by atoms with Crippen molar-refractivity contribution < 1.29 is 22.7 Å². The van der Waals surface area contributed by atoms with Crippen LogP contribution in [0.2, 0.25) is 10.0 Å². The van der Waals surface area contributed by atoms with Crippen LogP contribution in [0.3, 0.4) is 0 Å². The van der Waals surface area contributed by atoms with Gasteiger partial charge in [-0.15, -0.1) is 0 Å². The lowest BCUT2D eigenvalue weighted by molar-refractivity contribution is 0.0863. The third-order valence-corrected chi connectivity index (χ3v) is 4.97. The number of ketones is 1. The highest BCUT2D eigenvalue weighted by Crippen LogP contribution is 2.25. The van der Waals surface area contributed by atoms with Crippen LogP contribution in [-0.4, -0.2) is 33.2 Å². The molecule has 6 nitrogen and oxygen atoms in total. The van der Waals surface area contributed by atoms with Gasteiger partial charge in [-0.25, -0.2) is 13.2 Å². The SMILES string of the molecule is CS(=O)(=O)c1ccc(C(=O)COC(=O)Nc2ccc(Cl)c(Cl)c2)cc1. The summed E-state index contributed by atoms with van der Waals surface area (Å²) in [4.78, 5) is 23.8. The van der Waals surface area contributed by atoms with Crippen LogP contribution in [0.5, 0.6) is 0 Å². The van der Waals surface area contributed by atoms with Crippen molar-refractivity contribution in [3.8, 4) is 0 Å². The third kappa shape index (κ3) is 5.45. The zero-order valence-electron chi connectivity index (χ0n) is 13.0. The van der Waals surface area contributed by atoms with E-state index in [2.05, 4.69) is 5.32 Å². The Morgan fingerprint density at radius 2 is 1.68 bits per heavy atom. The Hall–Kier alpha value is -2.09. The number of carbonyl (C=O) groups excluding carboxylic acids is 2. The molecule has 1 amide bonds. The third-order valence-electron chi connectivity index (χ3n) is 3.10. The first-order valence-corrected chi connectivity index (χ1v) is 9.54. The number of anilines is 1. The molecular weight excluding hydrogens is 389 g/mol. The maximum Gasteiger partial charge on any atom is 0.412 e. The summed E-state index contributed by atoms with van der Waals surface area (Å²) in [7, 11) is -3.34. The molecule has 0 aromatic heterocycles. The van der Waals surface area contributed by atoms with Crippen molar-refractivity contribution in [3.63, 3.8) is 0 Å². The van der Waals surface area contributed by atoms with Crippen LogP contribution in [0, 0.1) is 0 Å². The Balaban J connectivity index is 1.92. The molecular formula is C16H13Cl2NO5S. The molecule has 0 fully saturated rings. The number of nitrogens with one attached hydrogen (secondary N) is 1. The molecule has 0 bridgehead atoms. The Morgan fingerprint density at radius 1 is 1.04 bits per heavy atom. The van der Waals surface area contributed by atoms with Crippen molar-refractivity contribution >= 4 is 50.6 Å². The van der Waals surface area contributed by atoms with Crippen molar-refractivity contribution in [1.82, 2.24) is 0 Å². The Labute approximate surface area is 154 Å². The summed E-state index contributed by atoms with van der Waals surface area (Å²) >= 11 is 11.6. The summed E-state index contributed by atoms with van der Waals surface area (Å²) in [5, 5.41) is 3.02. The molecule has 0 saturated carbocycles. The highest BCUT2D eigenvalue weighted by atomic mass is 35.5. The number of sulfone groups is 1. The number of ether oxygens (including phenoxy) is 1. The van der Waals surface area contributed by atoms with Crippen LogP contribution in [0.15, 0.2) is 47.4 Å². The molecule has 132 valence electrons. The van der Waals surface area contributed by atoms with Crippen LogP contribution in [0.1, 0.15) is 10.4 Å². The number of benzene rings is 2. The number of amides is 1. The molecule has 0 aliphatic rings. The molecule has 0 heterocycles. The standard InChI is InChI=1S/C16H13Cl2NO5S/c1-25(22,23)12-5-2-10(3-6-12)15(20)9-24-16(21)19-11-4-7-13(17)14(18)8-11/h2-8H,9H2,1H3,(H,19,21). The van der Waals surface area contributed by atoms with Crippen LogP contribution in [0.4, 0.5) is 10.5 Å². The van der Waals surface area contributed by atoms with Gasteiger partial charge in [-0.2, -0.15) is 0 Å². The number of carbonyl (C=O) groups is 2. The predicted molar refractivity (Wildman–Crippen MR) is 95.3 cm³/mol. The number of rotatable bonds is 5. The monoisotopic (exact) mass is 401 g/mol. The second kappa shape index (κ2) is 7.86. The van der Waals surface area contributed by atoms with Gasteiger partial charge in [-0.1, -0.05) is 23.2 Å². The molecule has 0 aliphatic carbocycles. The summed E-state index contributed by atoms with van der Waals surface area (Å²) in [5.41, 5.74) is 0.596. The maximum absolute atomic E-state index is 12.0. The maximum atomic E-state index is 12.0. The van der Waals surface area contributed by atoms with Gasteiger partial charge >= 0.3 is 6.09 Å².